The fourth-order valence-corrected chi connectivity index (χ4v) is 5.28. The van der Waals surface area contributed by atoms with Crippen LogP contribution >= 0.6 is 0 Å². The van der Waals surface area contributed by atoms with E-state index in [0.29, 0.717) is 60.4 Å². The number of amides is 2. The van der Waals surface area contributed by atoms with Gasteiger partial charge in [-0.15, -0.1) is 0 Å². The van der Waals surface area contributed by atoms with Crippen molar-refractivity contribution in [1.82, 2.24) is 14.9 Å². The standard InChI is InChI=1S/C26H28N6O3/c1-35-22-13-18(5-6-19(22)17(14-27)15-28)32-12-9-26(25(32)34)7-10-31(11-8-26)24(33)20-3-2-4-21-23(20)30-16-29-21/h2-6,13-16,27H,7-12,28H2,1H3,(H,29,30)/b17-15+,27-14?. The van der Waals surface area contributed by atoms with Crippen LogP contribution < -0.4 is 15.4 Å². The highest BCUT2D eigenvalue weighted by atomic mass is 16.5. The number of nitrogens with two attached hydrogens (primary N) is 1. The zero-order valence-electron chi connectivity index (χ0n) is 19.6. The lowest BCUT2D eigenvalue weighted by molar-refractivity contribution is -0.127. The second-order valence-corrected chi connectivity index (χ2v) is 9.03. The van der Waals surface area contributed by atoms with Crippen molar-refractivity contribution >= 4 is 40.3 Å². The minimum Gasteiger partial charge on any atom is -0.496 e. The summed E-state index contributed by atoms with van der Waals surface area (Å²) in [6.45, 7) is 1.68. The first-order valence-corrected chi connectivity index (χ1v) is 11.7. The fraction of sp³-hybridized carbons (Fsp3) is 0.308. The van der Waals surface area contributed by atoms with Crippen LogP contribution in [-0.4, -0.2) is 59.6 Å². The number of carbonyl (C=O) groups is 2. The molecule has 0 unspecified atom stereocenters. The molecular weight excluding hydrogens is 444 g/mol. The Kier molecular flexibility index (Phi) is 5.76. The van der Waals surface area contributed by atoms with Crippen molar-refractivity contribution in [3.8, 4) is 5.75 Å². The van der Waals surface area contributed by atoms with Crippen LogP contribution in [0.4, 0.5) is 5.69 Å². The molecule has 0 atom stereocenters. The van der Waals surface area contributed by atoms with E-state index in [9.17, 15) is 9.59 Å². The molecule has 3 aromatic rings. The number of hydrogen-bond acceptors (Lipinski definition) is 6. The van der Waals surface area contributed by atoms with Gasteiger partial charge in [-0.1, -0.05) is 6.07 Å². The summed E-state index contributed by atoms with van der Waals surface area (Å²) in [7, 11) is 1.56. The van der Waals surface area contributed by atoms with Crippen molar-refractivity contribution in [2.45, 2.75) is 19.3 Å². The third-order valence-electron chi connectivity index (χ3n) is 7.34. The van der Waals surface area contributed by atoms with Gasteiger partial charge in [0.25, 0.3) is 5.91 Å². The number of nitrogens with one attached hydrogen (secondary N) is 2. The van der Waals surface area contributed by atoms with Crippen LogP contribution in [-0.2, 0) is 4.79 Å². The van der Waals surface area contributed by atoms with Crippen molar-refractivity contribution in [2.75, 3.05) is 31.6 Å². The predicted molar refractivity (Wildman–Crippen MR) is 135 cm³/mol. The van der Waals surface area contributed by atoms with E-state index in [1.165, 1.54) is 12.4 Å². The van der Waals surface area contributed by atoms with Gasteiger partial charge in [-0.3, -0.25) is 9.59 Å². The molecule has 1 spiro atoms. The molecule has 1 aromatic heterocycles. The molecule has 2 aliphatic heterocycles. The highest BCUT2D eigenvalue weighted by Crippen LogP contribution is 2.44. The van der Waals surface area contributed by atoms with E-state index in [-0.39, 0.29) is 11.8 Å². The number of fused-ring (bicyclic) bond motifs is 1. The monoisotopic (exact) mass is 472 g/mol. The number of aromatic amines is 1. The van der Waals surface area contributed by atoms with Gasteiger partial charge >= 0.3 is 0 Å². The normalized spacial score (nSPS) is 17.9. The minimum absolute atomic E-state index is 0.0462. The van der Waals surface area contributed by atoms with E-state index in [1.807, 2.05) is 40.1 Å². The number of para-hydroxylation sites is 1. The number of hydrogen-bond donors (Lipinski definition) is 3. The fourth-order valence-electron chi connectivity index (χ4n) is 5.28. The third kappa shape index (κ3) is 3.73. The van der Waals surface area contributed by atoms with E-state index in [2.05, 4.69) is 9.97 Å². The number of H-pyrrole nitrogens is 1. The van der Waals surface area contributed by atoms with Crippen molar-refractivity contribution in [3.05, 3.63) is 60.1 Å². The number of nitrogens with zero attached hydrogens (tertiary/aromatic N) is 3. The molecule has 180 valence electrons. The van der Waals surface area contributed by atoms with Gasteiger partial charge in [0.05, 0.1) is 29.9 Å². The predicted octanol–water partition coefficient (Wildman–Crippen LogP) is 3.18. The number of allylic oxidation sites excluding steroid dienone is 1. The highest BCUT2D eigenvalue weighted by Gasteiger charge is 2.49. The number of carbonyl (C=O) groups excluding carboxylic acids is 2. The lowest BCUT2D eigenvalue weighted by Gasteiger charge is -2.38. The summed E-state index contributed by atoms with van der Waals surface area (Å²) >= 11 is 0. The summed E-state index contributed by atoms with van der Waals surface area (Å²) in [5.41, 5.74) is 9.28. The Morgan fingerprint density at radius 2 is 1.94 bits per heavy atom. The molecule has 0 bridgehead atoms. The van der Waals surface area contributed by atoms with Crippen LogP contribution in [0.15, 0.2) is 48.9 Å². The second kappa shape index (κ2) is 8.90. The summed E-state index contributed by atoms with van der Waals surface area (Å²) in [5, 5.41) is 7.56. The molecule has 9 heteroatoms. The molecule has 0 aliphatic carbocycles. The maximum Gasteiger partial charge on any atom is 0.256 e. The second-order valence-electron chi connectivity index (χ2n) is 9.03. The molecule has 0 saturated carbocycles. The van der Waals surface area contributed by atoms with Crippen LogP contribution in [0, 0.1) is 10.8 Å². The van der Waals surface area contributed by atoms with Crippen LogP contribution in [0.3, 0.4) is 0 Å². The number of ether oxygens (including phenoxy) is 1. The Labute approximate surface area is 203 Å². The number of methoxy groups -OCH3 is 1. The van der Waals surface area contributed by atoms with Crippen LogP contribution in [0.2, 0.25) is 0 Å². The smallest absolute Gasteiger partial charge is 0.256 e. The molecular formula is C26H28N6O3. The van der Waals surface area contributed by atoms with E-state index in [4.69, 9.17) is 15.9 Å². The quantitative estimate of drug-likeness (QED) is 0.491. The molecule has 4 N–H and O–H groups in total. The molecule has 2 aliphatic rings. The first kappa shape index (κ1) is 22.6. The van der Waals surface area contributed by atoms with Crippen LogP contribution in [0.5, 0.6) is 5.75 Å². The largest absolute Gasteiger partial charge is 0.496 e. The Morgan fingerprint density at radius 1 is 1.17 bits per heavy atom. The molecule has 2 aromatic carbocycles. The summed E-state index contributed by atoms with van der Waals surface area (Å²) < 4.78 is 5.52. The van der Waals surface area contributed by atoms with Gasteiger partial charge in [0.1, 0.15) is 11.3 Å². The Balaban J connectivity index is 1.32. The van der Waals surface area contributed by atoms with Crippen molar-refractivity contribution in [1.29, 1.82) is 5.41 Å². The molecule has 9 nitrogen and oxygen atoms in total. The first-order valence-electron chi connectivity index (χ1n) is 11.7. The highest BCUT2D eigenvalue weighted by molar-refractivity contribution is 6.10. The maximum atomic E-state index is 13.6. The van der Waals surface area contributed by atoms with Crippen LogP contribution in [0.25, 0.3) is 16.6 Å². The number of imidazole rings is 1. The van der Waals surface area contributed by atoms with Gasteiger partial charge in [0, 0.05) is 54.9 Å². The minimum atomic E-state index is -0.460. The van der Waals surface area contributed by atoms with Gasteiger partial charge in [-0.25, -0.2) is 4.98 Å². The van der Waals surface area contributed by atoms with Gasteiger partial charge in [0.2, 0.25) is 5.91 Å². The Bertz CT molecular complexity index is 1340. The topological polar surface area (TPSA) is 128 Å². The van der Waals surface area contributed by atoms with Crippen molar-refractivity contribution in [3.63, 3.8) is 0 Å². The van der Waals surface area contributed by atoms with E-state index < -0.39 is 5.41 Å². The van der Waals surface area contributed by atoms with E-state index in [0.717, 1.165) is 17.6 Å². The van der Waals surface area contributed by atoms with Gasteiger partial charge in [-0.05, 0) is 43.5 Å². The Hall–Kier alpha value is -4.14. The average Bonchev–Trinajstić information content (AvgIpc) is 3.50. The number of piperidine rings is 1. The maximum absolute atomic E-state index is 13.6. The molecule has 2 saturated heterocycles. The number of anilines is 1. The summed E-state index contributed by atoms with van der Waals surface area (Å²) in [5.74, 6) is 0.606. The molecule has 3 heterocycles. The SMILES string of the molecule is COc1cc(N2CCC3(CCN(C(=O)c4cccc5[nH]cnc45)CC3)C2=O)ccc1/C(C=N)=C/N. The van der Waals surface area contributed by atoms with Crippen LogP contribution in [0.1, 0.15) is 35.2 Å². The molecule has 0 radical (unpaired) electrons. The number of benzene rings is 2. The molecule has 5 rings (SSSR count). The molecule has 35 heavy (non-hydrogen) atoms. The van der Waals surface area contributed by atoms with E-state index >= 15 is 0 Å². The first-order chi connectivity index (χ1) is 17.0. The lowest BCUT2D eigenvalue weighted by atomic mass is 9.77. The molecule has 2 amide bonds. The summed E-state index contributed by atoms with van der Waals surface area (Å²) in [4.78, 5) is 37.8. The van der Waals surface area contributed by atoms with Gasteiger partial charge < -0.3 is 30.7 Å². The zero-order chi connectivity index (χ0) is 24.6. The van der Waals surface area contributed by atoms with Crippen molar-refractivity contribution < 1.29 is 14.3 Å². The zero-order valence-corrected chi connectivity index (χ0v) is 19.6. The molecule has 2 fully saturated rings. The summed E-state index contributed by atoms with van der Waals surface area (Å²) in [6, 6.07) is 11.1. The summed E-state index contributed by atoms with van der Waals surface area (Å²) in [6.07, 6.45) is 6.15. The van der Waals surface area contributed by atoms with Crippen molar-refractivity contribution in [2.24, 2.45) is 11.1 Å². The average molecular weight is 473 g/mol. The van der Waals surface area contributed by atoms with E-state index in [1.54, 1.807) is 19.5 Å². The number of rotatable bonds is 5. The lowest BCUT2D eigenvalue weighted by Crippen LogP contribution is -2.46. The third-order valence-corrected chi connectivity index (χ3v) is 7.34. The van der Waals surface area contributed by atoms with Gasteiger partial charge in [-0.2, -0.15) is 0 Å². The Morgan fingerprint density at radius 3 is 2.66 bits per heavy atom. The van der Waals surface area contributed by atoms with Gasteiger partial charge in [0.15, 0.2) is 0 Å². The number of aromatic nitrogens is 2. The number of likely N-dealkylation sites (tertiary alicyclic amines) is 1.